The van der Waals surface area contributed by atoms with Crippen LogP contribution in [0, 0.1) is 0 Å². The Bertz CT molecular complexity index is 890. The van der Waals surface area contributed by atoms with Crippen molar-refractivity contribution in [1.29, 1.82) is 0 Å². The van der Waals surface area contributed by atoms with E-state index in [1.54, 1.807) is 0 Å². The van der Waals surface area contributed by atoms with E-state index in [9.17, 15) is 0 Å². The highest BCUT2D eigenvalue weighted by atomic mass is 32.2. The van der Waals surface area contributed by atoms with Crippen molar-refractivity contribution >= 4 is 35.3 Å². The lowest BCUT2D eigenvalue weighted by Gasteiger charge is -2.15. The molecule has 27 heavy (non-hydrogen) atoms. The van der Waals surface area contributed by atoms with E-state index in [4.69, 9.17) is 5.26 Å². The van der Waals surface area contributed by atoms with E-state index in [1.165, 1.54) is 11.3 Å². The first-order valence-electron chi connectivity index (χ1n) is 8.68. The van der Waals surface area contributed by atoms with Crippen molar-refractivity contribution in [3.05, 3.63) is 66.2 Å². The van der Waals surface area contributed by atoms with Crippen LogP contribution in [-0.2, 0) is 14.8 Å². The Hall–Kier alpha value is -2.25. The summed E-state index contributed by atoms with van der Waals surface area (Å²) in [5.74, 6) is 0. The molecule has 1 aliphatic rings. The molecule has 0 fully saturated rings. The minimum absolute atomic E-state index is 0.145. The molecule has 0 radical (unpaired) electrons. The number of fused-ring (bicyclic) bond motifs is 1. The highest BCUT2D eigenvalue weighted by Gasteiger charge is 2.42. The zero-order valence-corrected chi connectivity index (χ0v) is 16.4. The first kappa shape index (κ1) is 19.5. The van der Waals surface area contributed by atoms with Crippen molar-refractivity contribution in [3.8, 4) is 0 Å². The molecule has 0 bridgehead atoms. The molecule has 0 atom stereocenters. The second-order valence-corrected chi connectivity index (χ2v) is 7.53. The summed E-state index contributed by atoms with van der Waals surface area (Å²) >= 11 is 0.977. The molecule has 2 aromatic carbocycles. The second kappa shape index (κ2) is 8.63. The van der Waals surface area contributed by atoms with E-state index < -0.39 is 0 Å². The van der Waals surface area contributed by atoms with E-state index in [0.29, 0.717) is 0 Å². The number of para-hydroxylation sites is 1. The molecule has 2 aromatic rings. The zero-order chi connectivity index (χ0) is 19.3. The van der Waals surface area contributed by atoms with Gasteiger partial charge in [-0.05, 0) is 38.1 Å². The number of hydrogen-bond donors (Lipinski definition) is 1. The fourth-order valence-electron chi connectivity index (χ4n) is 3.33. The molecule has 0 amide bonds. The quantitative estimate of drug-likeness (QED) is 0.226. The van der Waals surface area contributed by atoms with Gasteiger partial charge in [0.1, 0.15) is 7.05 Å². The minimum Gasteiger partial charge on any atom is -0.261 e. The maximum atomic E-state index is 8.35. The molecule has 5 nitrogen and oxygen atoms in total. The molecule has 1 aliphatic heterocycles. The van der Waals surface area contributed by atoms with Crippen LogP contribution in [0.25, 0.3) is 0 Å². The molecule has 0 saturated carbocycles. The third-order valence-corrected chi connectivity index (χ3v) is 5.25. The first-order chi connectivity index (χ1) is 13.0. The maximum absolute atomic E-state index is 8.35. The Morgan fingerprint density at radius 2 is 1.96 bits per heavy atom. The summed E-state index contributed by atoms with van der Waals surface area (Å²) in [5, 5.41) is 12.0. The van der Waals surface area contributed by atoms with Crippen molar-refractivity contribution in [2.75, 3.05) is 7.05 Å². The molecule has 0 unspecified atom stereocenters. The molecule has 6 heteroatoms. The second-order valence-electron chi connectivity index (χ2n) is 6.76. The fraction of sp³-hybridized carbons (Fsp3) is 0.238. The standard InChI is InChI=1S/C21H22N2O3S/c1-21(2)18-15-17(27-26-25-24)12-13-19(18)23(3)20(21)11-7-8-14-22-16-9-5-4-6-10-16/h4-7,9-15H,8H2,1-3H3/p+1. The van der Waals surface area contributed by atoms with Gasteiger partial charge in [0.25, 0.3) is 0 Å². The summed E-state index contributed by atoms with van der Waals surface area (Å²) in [5.41, 5.74) is 4.39. The molecule has 0 aliphatic carbocycles. The highest BCUT2D eigenvalue weighted by molar-refractivity contribution is 7.94. The maximum Gasteiger partial charge on any atom is 0.209 e. The molecular formula is C21H23N2O3S+. The Balaban J connectivity index is 1.73. The van der Waals surface area contributed by atoms with Crippen LogP contribution >= 0.6 is 12.0 Å². The Morgan fingerprint density at radius 1 is 1.19 bits per heavy atom. The Kier molecular flexibility index (Phi) is 6.23. The smallest absolute Gasteiger partial charge is 0.209 e. The van der Waals surface area contributed by atoms with E-state index in [-0.39, 0.29) is 5.41 Å². The summed E-state index contributed by atoms with van der Waals surface area (Å²) in [6.07, 6.45) is 6.98. The van der Waals surface area contributed by atoms with Gasteiger partial charge in [-0.25, -0.2) is 5.26 Å². The average molecular weight is 383 g/mol. The van der Waals surface area contributed by atoms with Crippen LogP contribution in [0.1, 0.15) is 25.8 Å². The Morgan fingerprint density at radius 3 is 2.70 bits per heavy atom. The van der Waals surface area contributed by atoms with Gasteiger partial charge in [-0.1, -0.05) is 29.3 Å². The van der Waals surface area contributed by atoms with Crippen LogP contribution in [0.3, 0.4) is 0 Å². The van der Waals surface area contributed by atoms with E-state index in [2.05, 4.69) is 64.1 Å². The van der Waals surface area contributed by atoms with Gasteiger partial charge in [0.05, 0.1) is 23.1 Å². The van der Waals surface area contributed by atoms with Crippen molar-refractivity contribution in [2.45, 2.75) is 30.6 Å². The molecule has 0 spiro atoms. The van der Waals surface area contributed by atoms with Gasteiger partial charge < -0.3 is 0 Å². The van der Waals surface area contributed by atoms with Crippen molar-refractivity contribution in [2.24, 2.45) is 4.99 Å². The molecule has 1 heterocycles. The van der Waals surface area contributed by atoms with Gasteiger partial charge >= 0.3 is 0 Å². The van der Waals surface area contributed by atoms with E-state index in [1.807, 2.05) is 42.6 Å². The van der Waals surface area contributed by atoms with Crippen LogP contribution in [0.5, 0.6) is 0 Å². The van der Waals surface area contributed by atoms with Crippen LogP contribution < -0.4 is 0 Å². The summed E-state index contributed by atoms with van der Waals surface area (Å²) in [4.78, 5) is 5.32. The van der Waals surface area contributed by atoms with Crippen LogP contribution in [0.2, 0.25) is 0 Å². The summed E-state index contributed by atoms with van der Waals surface area (Å²) in [6.45, 7) is 4.40. The number of hydrogen-bond acceptors (Lipinski definition) is 5. The predicted octanol–water partition coefficient (Wildman–Crippen LogP) is 5.47. The lowest BCUT2D eigenvalue weighted by Crippen LogP contribution is -2.26. The highest BCUT2D eigenvalue weighted by Crippen LogP contribution is 2.41. The molecular weight excluding hydrogens is 360 g/mol. The number of benzene rings is 2. The predicted molar refractivity (Wildman–Crippen MR) is 109 cm³/mol. The summed E-state index contributed by atoms with van der Waals surface area (Å²) in [7, 11) is 2.07. The van der Waals surface area contributed by atoms with Gasteiger partial charge in [-0.2, -0.15) is 4.58 Å². The number of rotatable bonds is 7. The average Bonchev–Trinajstić information content (AvgIpc) is 2.87. The Labute approximate surface area is 163 Å². The third kappa shape index (κ3) is 4.36. The molecule has 0 saturated heterocycles. The molecule has 0 aromatic heterocycles. The fourth-order valence-corrected chi connectivity index (χ4v) is 3.73. The normalized spacial score (nSPS) is 15.9. The van der Waals surface area contributed by atoms with Crippen LogP contribution in [0.4, 0.5) is 11.4 Å². The van der Waals surface area contributed by atoms with Gasteiger partial charge in [0.15, 0.2) is 5.71 Å². The number of nitrogens with zero attached hydrogens (tertiary/aromatic N) is 2. The van der Waals surface area contributed by atoms with Gasteiger partial charge in [0.2, 0.25) is 5.69 Å². The summed E-state index contributed by atoms with van der Waals surface area (Å²) in [6, 6.07) is 16.0. The number of allylic oxidation sites excluding steroid dienone is 2. The molecule has 1 N–H and O–H groups in total. The molecule has 3 rings (SSSR count). The van der Waals surface area contributed by atoms with Gasteiger partial charge in [-0.15, -0.1) is 4.33 Å². The topological polar surface area (TPSA) is 54.1 Å². The lowest BCUT2D eigenvalue weighted by atomic mass is 9.81. The minimum atomic E-state index is -0.145. The van der Waals surface area contributed by atoms with E-state index in [0.717, 1.165) is 34.7 Å². The van der Waals surface area contributed by atoms with Crippen molar-refractivity contribution in [1.82, 2.24) is 0 Å². The lowest BCUT2D eigenvalue weighted by molar-refractivity contribution is -0.432. The molecule has 140 valence electrons. The summed E-state index contributed by atoms with van der Waals surface area (Å²) < 4.78 is 6.76. The number of aliphatic imine (C=N–C) groups is 1. The first-order valence-corrected chi connectivity index (χ1v) is 9.43. The van der Waals surface area contributed by atoms with Gasteiger partial charge in [-0.3, -0.25) is 4.99 Å². The van der Waals surface area contributed by atoms with Crippen LogP contribution in [-0.4, -0.2) is 28.8 Å². The van der Waals surface area contributed by atoms with Crippen molar-refractivity contribution in [3.63, 3.8) is 0 Å². The van der Waals surface area contributed by atoms with E-state index >= 15 is 0 Å². The zero-order valence-electron chi connectivity index (χ0n) is 15.6. The third-order valence-electron chi connectivity index (χ3n) is 4.68. The largest absolute Gasteiger partial charge is 0.261 e. The van der Waals surface area contributed by atoms with Crippen LogP contribution in [0.15, 0.2) is 70.6 Å². The van der Waals surface area contributed by atoms with Crippen molar-refractivity contribution < 1.29 is 19.2 Å². The SMILES string of the molecule is C[N+]1=C(C=CCC=Nc2ccccc2)C(C)(C)c2cc(SOOO)ccc21. The monoisotopic (exact) mass is 383 g/mol. The van der Waals surface area contributed by atoms with Gasteiger partial charge in [0, 0.05) is 35.2 Å².